The summed E-state index contributed by atoms with van der Waals surface area (Å²) in [5.41, 5.74) is 5.99. The molecule has 0 spiro atoms. The van der Waals surface area contributed by atoms with Crippen molar-refractivity contribution in [1.82, 2.24) is 29.6 Å². The van der Waals surface area contributed by atoms with Crippen LogP contribution >= 0.6 is 0 Å². The van der Waals surface area contributed by atoms with E-state index in [4.69, 9.17) is 4.74 Å². The van der Waals surface area contributed by atoms with Crippen molar-refractivity contribution >= 4 is 23.8 Å². The van der Waals surface area contributed by atoms with Gasteiger partial charge in [0, 0.05) is 74.9 Å². The van der Waals surface area contributed by atoms with E-state index >= 15 is 17.6 Å². The molecule has 2 aliphatic heterocycles. The molecule has 91 heavy (non-hydrogen) atoms. The molecule has 484 valence electrons. The number of carbonyl (C=O) groups excluding carboxylic acids is 3. The Bertz CT molecular complexity index is 3640. The number of alkyl halides is 2. The number of amides is 2. The minimum absolute atomic E-state index is 0. The zero-order valence-corrected chi connectivity index (χ0v) is 52.1. The number of ether oxygens (including phenoxy) is 1. The summed E-state index contributed by atoms with van der Waals surface area (Å²) in [6.07, 6.45) is 6.03. The van der Waals surface area contributed by atoms with Crippen LogP contribution in [0.15, 0.2) is 107 Å². The number of benzene rings is 4. The van der Waals surface area contributed by atoms with E-state index < -0.39 is 102 Å². The zero-order chi connectivity index (χ0) is 63.1. The van der Waals surface area contributed by atoms with Crippen molar-refractivity contribution in [3.63, 3.8) is 0 Å². The Morgan fingerprint density at radius 2 is 0.956 bits per heavy atom. The van der Waals surface area contributed by atoms with Gasteiger partial charge in [-0.1, -0.05) is 74.2 Å². The van der Waals surface area contributed by atoms with Crippen LogP contribution in [-0.4, -0.2) is 117 Å². The number of carboxylic acids is 1. The van der Waals surface area contributed by atoms with Crippen LogP contribution < -0.4 is 40.6 Å². The smallest absolute Gasteiger partial charge is 0.870 e. The third kappa shape index (κ3) is 18.7. The molecule has 2 unspecified atom stereocenters. The molecule has 2 amide bonds. The second-order valence-corrected chi connectivity index (χ2v) is 24.2. The maximum Gasteiger partial charge on any atom is 1.00 e. The van der Waals surface area contributed by atoms with Crippen LogP contribution in [0.25, 0.3) is 22.3 Å². The topological polar surface area (TPSA) is 232 Å². The second kappa shape index (κ2) is 32.3. The maximum absolute atomic E-state index is 15.5. The third-order valence-electron chi connectivity index (χ3n) is 17.1. The normalized spacial score (nSPS) is 16.2. The van der Waals surface area contributed by atoms with Gasteiger partial charge in [0.15, 0.2) is 23.3 Å². The van der Waals surface area contributed by atoms with Crippen LogP contribution in [0.3, 0.4) is 0 Å². The molecule has 4 atom stereocenters. The number of esters is 1. The van der Waals surface area contributed by atoms with Gasteiger partial charge in [0.05, 0.1) is 31.5 Å². The van der Waals surface area contributed by atoms with E-state index in [1.165, 1.54) is 33.4 Å². The molecule has 2 saturated carbocycles. The number of likely N-dealkylation sites (tertiary alicyclic amines) is 2. The Morgan fingerprint density at radius 3 is 1.30 bits per heavy atom. The average Bonchev–Trinajstić information content (AvgIpc) is 1.11. The van der Waals surface area contributed by atoms with Gasteiger partial charge in [-0.3, -0.25) is 38.6 Å². The van der Waals surface area contributed by atoms with Crippen LogP contribution in [0.5, 0.6) is 0 Å². The molecular formula is C68H78F6LiN6O10-. The number of nitrogens with one attached hydrogen (secondary N) is 2. The van der Waals surface area contributed by atoms with Crippen molar-refractivity contribution < 1.29 is 85.2 Å². The molecule has 4 aliphatic rings. The van der Waals surface area contributed by atoms with Crippen molar-refractivity contribution in [2.24, 2.45) is 11.8 Å². The Hall–Kier alpha value is -7.32. The van der Waals surface area contributed by atoms with E-state index in [9.17, 15) is 42.7 Å². The number of rotatable bonds is 25. The van der Waals surface area contributed by atoms with Crippen LogP contribution in [-0.2, 0) is 36.8 Å². The largest absolute Gasteiger partial charge is 1.00 e. The third-order valence-corrected chi connectivity index (χ3v) is 17.1. The summed E-state index contributed by atoms with van der Waals surface area (Å²) in [5, 5.41) is 15.1. The Kier molecular flexibility index (Phi) is 25.8. The fourth-order valence-corrected chi connectivity index (χ4v) is 12.0. The molecule has 4 fully saturated rings. The van der Waals surface area contributed by atoms with E-state index in [0.717, 1.165) is 76.8 Å². The first-order valence-corrected chi connectivity index (χ1v) is 30.3. The van der Waals surface area contributed by atoms with Crippen LogP contribution in [0.1, 0.15) is 127 Å². The SMILES string of the molecule is CCOC(=O)C[C@H](NC(=O)C(CC1CC1)n1cc(CCN2CC(F)C2)ccc1=O)c1cc(-c2c(C)cccc2C)cc(F)c1F.Cc1cccc(C)c1-c1cc(F)c(F)c([C@H](CC(=O)O)NC(=O)C(CC2CC2)n2cc(CCN3CC(F)C3)ccc2=O)c1.[Li+].[OH-].[OH-]. The van der Waals surface area contributed by atoms with E-state index in [2.05, 4.69) is 10.6 Å². The molecule has 0 bridgehead atoms. The second-order valence-electron chi connectivity index (χ2n) is 24.2. The predicted molar refractivity (Wildman–Crippen MR) is 326 cm³/mol. The van der Waals surface area contributed by atoms with Crippen LogP contribution in [0, 0.1) is 62.8 Å². The molecule has 4 aromatic carbocycles. The molecular weight excluding hydrogens is 1180 g/mol. The van der Waals surface area contributed by atoms with Crippen molar-refractivity contribution in [3.05, 3.63) is 186 Å². The number of aryl methyl sites for hydroxylation is 4. The molecule has 4 heterocycles. The number of aliphatic carboxylic acids is 1. The molecule has 23 heteroatoms. The van der Waals surface area contributed by atoms with Gasteiger partial charge in [-0.25, -0.2) is 26.3 Å². The molecule has 2 saturated heterocycles. The van der Waals surface area contributed by atoms with Gasteiger partial charge >= 0.3 is 30.8 Å². The summed E-state index contributed by atoms with van der Waals surface area (Å²) in [4.78, 5) is 82.4. The van der Waals surface area contributed by atoms with Gasteiger partial charge in [0.25, 0.3) is 11.1 Å². The van der Waals surface area contributed by atoms with Crippen molar-refractivity contribution in [2.75, 3.05) is 45.9 Å². The Labute approximate surface area is 537 Å². The summed E-state index contributed by atoms with van der Waals surface area (Å²) >= 11 is 0. The van der Waals surface area contributed by atoms with Crippen molar-refractivity contribution in [2.45, 2.75) is 135 Å². The number of carboxylic acid groups (broad SMARTS) is 1. The van der Waals surface area contributed by atoms with Gasteiger partial charge in [-0.05, 0) is 152 Å². The van der Waals surface area contributed by atoms with Gasteiger partial charge in [0.2, 0.25) is 11.8 Å². The first-order chi connectivity index (χ1) is 42.0. The number of nitrogens with zero attached hydrogens (tertiary/aromatic N) is 4. The number of hydrogen-bond acceptors (Lipinski definition) is 11. The Morgan fingerprint density at radius 1 is 0.582 bits per heavy atom. The zero-order valence-electron chi connectivity index (χ0n) is 52.1. The minimum Gasteiger partial charge on any atom is -0.870 e. The van der Waals surface area contributed by atoms with Gasteiger partial charge in [0.1, 0.15) is 24.4 Å². The average molecular weight is 1260 g/mol. The molecule has 2 aromatic heterocycles. The quantitative estimate of drug-likeness (QED) is 0.0285. The summed E-state index contributed by atoms with van der Waals surface area (Å²) in [7, 11) is 0. The summed E-state index contributed by atoms with van der Waals surface area (Å²) in [6, 6.07) is 17.9. The number of pyridine rings is 2. The first-order valence-electron chi connectivity index (χ1n) is 30.3. The number of carbonyl (C=O) groups is 4. The monoisotopic (exact) mass is 1260 g/mol. The molecule has 5 N–H and O–H groups in total. The summed E-state index contributed by atoms with van der Waals surface area (Å²) in [5.74, 6) is -7.40. The van der Waals surface area contributed by atoms with Crippen LogP contribution in [0.4, 0.5) is 26.3 Å². The Balaban J connectivity index is 0.000000280. The van der Waals surface area contributed by atoms with Gasteiger partial charge < -0.3 is 40.6 Å². The molecule has 16 nitrogen and oxygen atoms in total. The molecule has 0 radical (unpaired) electrons. The maximum atomic E-state index is 15.5. The van der Waals surface area contributed by atoms with E-state index in [-0.39, 0.29) is 64.9 Å². The predicted octanol–water partition coefficient (Wildman–Crippen LogP) is 7.69. The van der Waals surface area contributed by atoms with Crippen molar-refractivity contribution in [3.8, 4) is 22.3 Å². The summed E-state index contributed by atoms with van der Waals surface area (Å²) < 4.78 is 95.4. The first kappa shape index (κ1) is 72.7. The number of aromatic nitrogens is 2. The number of halogens is 6. The van der Waals surface area contributed by atoms with Gasteiger partial charge in [-0.2, -0.15) is 0 Å². The van der Waals surface area contributed by atoms with E-state index in [1.807, 2.05) is 73.9 Å². The van der Waals surface area contributed by atoms with Crippen molar-refractivity contribution in [1.29, 1.82) is 0 Å². The molecule has 2 aliphatic carbocycles. The molecule has 6 aromatic rings. The fraction of sp³-hybridized carbons (Fsp3) is 0.441. The fourth-order valence-electron chi connectivity index (χ4n) is 12.0. The van der Waals surface area contributed by atoms with E-state index in [0.29, 0.717) is 81.6 Å². The standard InChI is InChI=1S/C35H40F3N3O4.C33H36F3N3O4.Li.2H2O/c1-4-45-32(43)17-29(27-15-25(16-28(37)34(27)38)33-21(2)6-5-7-22(33)3)39-35(44)30(14-23-8-9-23)41-18-24(10-11-31(41)42)12-13-40-19-26(36)20-40;1-19-4-3-5-20(2)31(19)23-13-25(32(36)26(35)14-23)27(15-30(41)42)37-33(43)28(12-21-6-7-21)39-16-22(8-9-29(39)40)10-11-38-17-24(34)18-38;;;/h5-7,10-11,15-16,18,23,26,29-30H,4,8-9,12-14,17,19-20H2,1-3H3,(H,39,44);3-5,8-9,13-14,16,21,24,27-28H,6-7,10-12,15,17-18H2,1-2H3,(H,37,43)(H,41,42);;2*1H2/q;;+1;;/p-2/t29-,30?;27-,28?;;;/m00.../s1. The van der Waals surface area contributed by atoms with E-state index in [1.54, 1.807) is 31.5 Å². The minimum atomic E-state index is -1.38. The summed E-state index contributed by atoms with van der Waals surface area (Å²) in [6.45, 7) is 11.9. The van der Waals surface area contributed by atoms with Crippen LogP contribution in [0.2, 0.25) is 0 Å². The van der Waals surface area contributed by atoms with Gasteiger partial charge in [-0.15, -0.1) is 0 Å². The molecule has 10 rings (SSSR count). The number of hydrogen-bond donors (Lipinski definition) is 3.